The molecule has 3 aromatic rings. The molecule has 2 aromatic carbocycles. The van der Waals surface area contributed by atoms with Gasteiger partial charge in [-0.15, -0.1) is 0 Å². The van der Waals surface area contributed by atoms with Crippen molar-refractivity contribution in [3.05, 3.63) is 63.7 Å². The zero-order valence-corrected chi connectivity index (χ0v) is 17.2. The van der Waals surface area contributed by atoms with Crippen molar-refractivity contribution in [1.29, 1.82) is 0 Å². The number of likely N-dealkylation sites (tertiary alicyclic amines) is 1. The molecule has 1 amide bonds. The molecule has 0 radical (unpaired) electrons. The number of halogens is 2. The van der Waals surface area contributed by atoms with E-state index >= 15 is 0 Å². The van der Waals surface area contributed by atoms with Gasteiger partial charge in [-0.3, -0.25) is 4.79 Å². The van der Waals surface area contributed by atoms with Crippen LogP contribution in [-0.2, 0) is 4.79 Å². The first-order valence-electron chi connectivity index (χ1n) is 9.91. The van der Waals surface area contributed by atoms with Gasteiger partial charge in [0, 0.05) is 41.7 Å². The molecule has 1 atom stereocenters. The topological polar surface area (TPSA) is 59.8 Å². The van der Waals surface area contributed by atoms with E-state index in [-0.39, 0.29) is 10.9 Å². The largest absolute Gasteiger partial charge is 0.481 e. The molecule has 0 aliphatic carbocycles. The van der Waals surface area contributed by atoms with Crippen LogP contribution in [0.4, 0.5) is 4.39 Å². The van der Waals surface area contributed by atoms with E-state index in [0.717, 1.165) is 32.4 Å². The average Bonchev–Trinajstić information content (AvgIpc) is 2.73. The van der Waals surface area contributed by atoms with Crippen molar-refractivity contribution in [2.24, 2.45) is 0 Å². The quantitative estimate of drug-likeness (QED) is 0.545. The van der Waals surface area contributed by atoms with Gasteiger partial charge in [0.1, 0.15) is 17.1 Å². The van der Waals surface area contributed by atoms with Crippen LogP contribution >= 0.6 is 11.6 Å². The van der Waals surface area contributed by atoms with E-state index in [1.54, 1.807) is 25.1 Å². The number of piperidine rings is 1. The zero-order chi connectivity index (χ0) is 21.3. The fourth-order valence-electron chi connectivity index (χ4n) is 3.77. The Morgan fingerprint density at radius 2 is 1.87 bits per heavy atom. The number of carbonyl (C=O) groups excluding carboxylic acids is 1. The Balaban J connectivity index is 1.64. The van der Waals surface area contributed by atoms with Crippen molar-refractivity contribution in [2.45, 2.75) is 32.3 Å². The average molecular weight is 430 g/mol. The lowest BCUT2D eigenvalue weighted by molar-refractivity contribution is -0.138. The highest BCUT2D eigenvalue weighted by atomic mass is 35.5. The number of hydrogen-bond acceptors (Lipinski definition) is 4. The van der Waals surface area contributed by atoms with Crippen LogP contribution < -0.4 is 10.4 Å². The smallest absolute Gasteiger partial charge is 0.336 e. The normalized spacial score (nSPS) is 15.2. The molecule has 7 heteroatoms. The summed E-state index contributed by atoms with van der Waals surface area (Å²) < 4.78 is 24.6. The summed E-state index contributed by atoms with van der Waals surface area (Å²) in [6.07, 6.45) is 2.51. The summed E-state index contributed by atoms with van der Waals surface area (Å²) in [5.74, 6) is -0.0898. The summed E-state index contributed by atoms with van der Waals surface area (Å²) in [6, 6.07) is 10.4. The van der Waals surface area contributed by atoms with E-state index in [9.17, 15) is 14.0 Å². The van der Waals surface area contributed by atoms with Gasteiger partial charge in [-0.1, -0.05) is 11.6 Å². The third-order valence-electron chi connectivity index (χ3n) is 5.27. The first-order chi connectivity index (χ1) is 14.4. The lowest BCUT2D eigenvalue weighted by Crippen LogP contribution is -2.43. The Morgan fingerprint density at radius 3 is 2.60 bits per heavy atom. The molecular formula is C23H21ClFNO4. The van der Waals surface area contributed by atoms with Gasteiger partial charge >= 0.3 is 5.63 Å². The second-order valence-corrected chi connectivity index (χ2v) is 7.81. The minimum atomic E-state index is -0.651. The number of amides is 1. The molecular weight excluding hydrogens is 409 g/mol. The molecule has 0 N–H and O–H groups in total. The summed E-state index contributed by atoms with van der Waals surface area (Å²) in [6.45, 7) is 3.22. The van der Waals surface area contributed by atoms with Crippen LogP contribution in [0.2, 0.25) is 5.02 Å². The number of benzene rings is 2. The maximum absolute atomic E-state index is 13.4. The molecule has 2 heterocycles. The fourth-order valence-corrected chi connectivity index (χ4v) is 4.04. The molecule has 1 aliphatic heterocycles. The molecule has 1 saturated heterocycles. The van der Waals surface area contributed by atoms with Crippen molar-refractivity contribution in [1.82, 2.24) is 4.90 Å². The monoisotopic (exact) mass is 429 g/mol. The van der Waals surface area contributed by atoms with Crippen LogP contribution in [0.25, 0.3) is 22.1 Å². The lowest BCUT2D eigenvalue weighted by atomic mass is 10.0. The van der Waals surface area contributed by atoms with E-state index < -0.39 is 17.5 Å². The fraction of sp³-hybridized carbons (Fsp3) is 0.304. The molecule has 4 rings (SSSR count). The standard InChI is InChI=1S/C23H21ClFNO4/c1-14(23(28)26-9-3-2-4-10-26)29-16-6-8-18-19(13-22(27)30-21(18)12-16)17-7-5-15(25)11-20(17)24/h5-8,11-14H,2-4,9-10H2,1H3/t14-/m1/s1. The van der Waals surface area contributed by atoms with Crippen LogP contribution in [0.5, 0.6) is 5.75 Å². The molecule has 0 spiro atoms. The molecule has 30 heavy (non-hydrogen) atoms. The molecule has 0 bridgehead atoms. The van der Waals surface area contributed by atoms with Crippen molar-refractivity contribution in [3.63, 3.8) is 0 Å². The highest BCUT2D eigenvalue weighted by Gasteiger charge is 2.23. The molecule has 5 nitrogen and oxygen atoms in total. The van der Waals surface area contributed by atoms with E-state index in [2.05, 4.69) is 0 Å². The van der Waals surface area contributed by atoms with Gasteiger partial charge in [0.15, 0.2) is 6.10 Å². The molecule has 156 valence electrons. The van der Waals surface area contributed by atoms with Gasteiger partial charge in [0.2, 0.25) is 0 Å². The highest BCUT2D eigenvalue weighted by molar-refractivity contribution is 6.33. The van der Waals surface area contributed by atoms with Gasteiger partial charge < -0.3 is 14.1 Å². The maximum atomic E-state index is 13.4. The van der Waals surface area contributed by atoms with Crippen LogP contribution in [0.1, 0.15) is 26.2 Å². The Morgan fingerprint density at radius 1 is 1.10 bits per heavy atom. The van der Waals surface area contributed by atoms with Crippen molar-refractivity contribution in [2.75, 3.05) is 13.1 Å². The van der Waals surface area contributed by atoms with Crippen LogP contribution in [-0.4, -0.2) is 30.0 Å². The van der Waals surface area contributed by atoms with Crippen molar-refractivity contribution in [3.8, 4) is 16.9 Å². The number of carbonyl (C=O) groups is 1. The summed E-state index contributed by atoms with van der Waals surface area (Å²) in [5.41, 5.74) is 0.800. The molecule has 1 fully saturated rings. The van der Waals surface area contributed by atoms with Gasteiger partial charge in [0.05, 0.1) is 5.02 Å². The third-order valence-corrected chi connectivity index (χ3v) is 5.58. The van der Waals surface area contributed by atoms with E-state index in [1.165, 1.54) is 24.3 Å². The Bertz CT molecular complexity index is 1150. The second kappa shape index (κ2) is 8.48. The third kappa shape index (κ3) is 4.19. The summed E-state index contributed by atoms with van der Waals surface area (Å²) >= 11 is 6.19. The second-order valence-electron chi connectivity index (χ2n) is 7.41. The minimum absolute atomic E-state index is 0.0527. The number of ether oxygens (including phenoxy) is 1. The van der Waals surface area contributed by atoms with E-state index in [0.29, 0.717) is 27.8 Å². The van der Waals surface area contributed by atoms with Crippen LogP contribution in [0.15, 0.2) is 51.7 Å². The zero-order valence-electron chi connectivity index (χ0n) is 16.5. The van der Waals surface area contributed by atoms with Gasteiger partial charge in [0.25, 0.3) is 5.91 Å². The maximum Gasteiger partial charge on any atom is 0.336 e. The minimum Gasteiger partial charge on any atom is -0.481 e. The Hall–Kier alpha value is -2.86. The number of nitrogens with zero attached hydrogens (tertiary/aromatic N) is 1. The van der Waals surface area contributed by atoms with Crippen LogP contribution in [0.3, 0.4) is 0 Å². The highest BCUT2D eigenvalue weighted by Crippen LogP contribution is 2.34. The van der Waals surface area contributed by atoms with Gasteiger partial charge in [-0.2, -0.15) is 0 Å². The first-order valence-corrected chi connectivity index (χ1v) is 10.3. The summed E-state index contributed by atoms with van der Waals surface area (Å²) in [7, 11) is 0. The number of hydrogen-bond donors (Lipinski definition) is 0. The predicted molar refractivity (Wildman–Crippen MR) is 113 cm³/mol. The van der Waals surface area contributed by atoms with Crippen molar-refractivity contribution < 1.29 is 18.3 Å². The van der Waals surface area contributed by atoms with Crippen molar-refractivity contribution >= 4 is 28.5 Å². The predicted octanol–water partition coefficient (Wildman–Crippen LogP) is 5.03. The lowest BCUT2D eigenvalue weighted by Gasteiger charge is -2.29. The van der Waals surface area contributed by atoms with E-state index in [4.69, 9.17) is 20.8 Å². The first kappa shape index (κ1) is 20.4. The SMILES string of the molecule is C[C@@H](Oc1ccc2c(-c3ccc(F)cc3Cl)cc(=O)oc2c1)C(=O)N1CCCCC1. The molecule has 0 saturated carbocycles. The molecule has 1 aliphatic rings. The summed E-state index contributed by atoms with van der Waals surface area (Å²) in [5, 5.41) is 0.827. The van der Waals surface area contributed by atoms with E-state index in [1.807, 2.05) is 4.90 Å². The summed E-state index contributed by atoms with van der Waals surface area (Å²) in [4.78, 5) is 26.5. The number of rotatable bonds is 4. The Labute approximate surface area is 178 Å². The van der Waals surface area contributed by atoms with Gasteiger partial charge in [-0.05, 0) is 56.5 Å². The molecule has 0 unspecified atom stereocenters. The van der Waals surface area contributed by atoms with Gasteiger partial charge in [-0.25, -0.2) is 9.18 Å². The number of fused-ring (bicyclic) bond motifs is 1. The van der Waals surface area contributed by atoms with Crippen LogP contribution in [0, 0.1) is 5.82 Å². The molecule has 1 aromatic heterocycles. The Kier molecular flexibility index (Phi) is 5.77.